The molecule has 3 nitrogen and oxygen atoms in total. The zero-order valence-corrected chi connectivity index (χ0v) is 15.8. The van der Waals surface area contributed by atoms with Crippen LogP contribution < -0.4 is 12.4 Å². The standard InChI is InChI=1S/C21H26N3.ClH/c1-21(2)15-19(23-12-5-6-13-23)11-14-24(21)16-18-10-9-17-7-3-4-8-20(17)22-18;/h3-4,7-11,14H,5-6,12-13,15-16H2,1-2H3;1H/q+1;/p-1. The van der Waals surface area contributed by atoms with E-state index < -0.39 is 0 Å². The van der Waals surface area contributed by atoms with Crippen molar-refractivity contribution in [3.05, 3.63) is 53.9 Å². The number of para-hydroxylation sites is 1. The van der Waals surface area contributed by atoms with Gasteiger partial charge < -0.3 is 17.3 Å². The minimum absolute atomic E-state index is 0. The van der Waals surface area contributed by atoms with Gasteiger partial charge in [-0.2, -0.15) is 0 Å². The molecular formula is C21H26ClN3. The molecule has 4 heteroatoms. The molecule has 0 bridgehead atoms. The number of allylic oxidation sites excluding steroid dienone is 1. The lowest BCUT2D eigenvalue weighted by Gasteiger charge is -2.31. The van der Waals surface area contributed by atoms with Gasteiger partial charge in [0, 0.05) is 44.1 Å². The Labute approximate surface area is 156 Å². The lowest BCUT2D eigenvalue weighted by molar-refractivity contribution is -0.613. The minimum Gasteiger partial charge on any atom is -1.00 e. The number of rotatable bonds is 3. The second-order valence-electron chi connectivity index (χ2n) is 7.61. The van der Waals surface area contributed by atoms with E-state index in [4.69, 9.17) is 4.98 Å². The van der Waals surface area contributed by atoms with Crippen molar-refractivity contribution in [2.75, 3.05) is 13.1 Å². The minimum atomic E-state index is 0. The summed E-state index contributed by atoms with van der Waals surface area (Å²) in [5.41, 5.74) is 3.84. The smallest absolute Gasteiger partial charge is 0.185 e. The molecule has 4 rings (SSSR count). The number of hydrogen-bond donors (Lipinski definition) is 0. The number of halogens is 1. The summed E-state index contributed by atoms with van der Waals surface area (Å²) in [7, 11) is 0. The molecule has 1 fully saturated rings. The van der Waals surface area contributed by atoms with Crippen molar-refractivity contribution in [2.24, 2.45) is 0 Å². The molecule has 0 unspecified atom stereocenters. The van der Waals surface area contributed by atoms with Crippen LogP contribution in [0.3, 0.4) is 0 Å². The maximum absolute atomic E-state index is 4.84. The molecule has 1 saturated heterocycles. The maximum atomic E-state index is 4.84. The van der Waals surface area contributed by atoms with Gasteiger partial charge in [-0.05, 0) is 25.0 Å². The SMILES string of the molecule is CC1(C)CC(N2CCCC2)=CC=[N+]1Cc1ccc2ccccc2n1.[Cl-]. The quantitative estimate of drug-likeness (QED) is 0.765. The topological polar surface area (TPSA) is 19.1 Å². The molecule has 3 heterocycles. The summed E-state index contributed by atoms with van der Waals surface area (Å²) >= 11 is 0. The molecule has 2 aliphatic heterocycles. The number of likely N-dealkylation sites (tertiary alicyclic amines) is 1. The highest BCUT2D eigenvalue weighted by Gasteiger charge is 2.36. The van der Waals surface area contributed by atoms with Gasteiger partial charge in [-0.1, -0.05) is 24.3 Å². The van der Waals surface area contributed by atoms with Crippen molar-refractivity contribution >= 4 is 17.1 Å². The van der Waals surface area contributed by atoms with Gasteiger partial charge >= 0.3 is 0 Å². The fourth-order valence-corrected chi connectivity index (χ4v) is 3.84. The normalized spacial score (nSPS) is 19.4. The van der Waals surface area contributed by atoms with Gasteiger partial charge in [0.1, 0.15) is 5.69 Å². The third-order valence-corrected chi connectivity index (χ3v) is 5.34. The molecule has 1 aromatic heterocycles. The summed E-state index contributed by atoms with van der Waals surface area (Å²) in [5, 5.41) is 1.21. The molecule has 1 aromatic carbocycles. The van der Waals surface area contributed by atoms with Gasteiger partial charge in [-0.15, -0.1) is 0 Å². The zero-order valence-electron chi connectivity index (χ0n) is 15.1. The summed E-state index contributed by atoms with van der Waals surface area (Å²) in [6, 6.07) is 12.7. The molecule has 25 heavy (non-hydrogen) atoms. The second-order valence-corrected chi connectivity index (χ2v) is 7.61. The van der Waals surface area contributed by atoms with E-state index >= 15 is 0 Å². The van der Waals surface area contributed by atoms with Gasteiger partial charge in [-0.25, -0.2) is 9.56 Å². The van der Waals surface area contributed by atoms with Crippen molar-refractivity contribution in [1.29, 1.82) is 0 Å². The van der Waals surface area contributed by atoms with Gasteiger partial charge in [-0.3, -0.25) is 0 Å². The fourth-order valence-electron chi connectivity index (χ4n) is 3.84. The van der Waals surface area contributed by atoms with Crippen molar-refractivity contribution in [3.8, 4) is 0 Å². The van der Waals surface area contributed by atoms with Crippen molar-refractivity contribution < 1.29 is 17.0 Å². The molecule has 0 atom stereocenters. The van der Waals surface area contributed by atoms with Crippen molar-refractivity contribution in [2.45, 2.75) is 45.2 Å². The molecule has 0 radical (unpaired) electrons. The number of nitrogens with zero attached hydrogens (tertiary/aromatic N) is 3. The van der Waals surface area contributed by atoms with Crippen LogP contribution in [0.5, 0.6) is 0 Å². The molecule has 0 saturated carbocycles. The Balaban J connectivity index is 0.00000182. The van der Waals surface area contributed by atoms with E-state index in [1.54, 1.807) is 0 Å². The van der Waals surface area contributed by atoms with Crippen LogP contribution in [-0.2, 0) is 6.54 Å². The largest absolute Gasteiger partial charge is 1.00 e. The Morgan fingerprint density at radius 1 is 1.08 bits per heavy atom. The van der Waals surface area contributed by atoms with E-state index in [1.165, 1.54) is 37.0 Å². The second kappa shape index (κ2) is 7.17. The first-order chi connectivity index (χ1) is 11.6. The average molecular weight is 356 g/mol. The van der Waals surface area contributed by atoms with E-state index in [2.05, 4.69) is 72.0 Å². The highest BCUT2D eigenvalue weighted by Crippen LogP contribution is 2.28. The van der Waals surface area contributed by atoms with Crippen LogP contribution >= 0.6 is 0 Å². The Bertz CT molecular complexity index is 817. The highest BCUT2D eigenvalue weighted by molar-refractivity contribution is 5.78. The van der Waals surface area contributed by atoms with Crippen LogP contribution in [0, 0.1) is 0 Å². The van der Waals surface area contributed by atoms with Gasteiger partial charge in [0.05, 0.1) is 11.9 Å². The third-order valence-electron chi connectivity index (χ3n) is 5.34. The maximum Gasteiger partial charge on any atom is 0.185 e. The summed E-state index contributed by atoms with van der Waals surface area (Å²) in [6.07, 6.45) is 8.37. The molecular weight excluding hydrogens is 330 g/mol. The lowest BCUT2D eigenvalue weighted by atomic mass is 9.94. The summed E-state index contributed by atoms with van der Waals surface area (Å²) < 4.78 is 2.43. The summed E-state index contributed by atoms with van der Waals surface area (Å²) in [6.45, 7) is 7.99. The van der Waals surface area contributed by atoms with E-state index in [0.717, 1.165) is 24.2 Å². The Morgan fingerprint density at radius 3 is 2.60 bits per heavy atom. The molecule has 0 spiro atoms. The third kappa shape index (κ3) is 3.72. The molecule has 132 valence electrons. The van der Waals surface area contributed by atoms with Gasteiger partial charge in [0.25, 0.3) is 0 Å². The van der Waals surface area contributed by atoms with Crippen molar-refractivity contribution in [1.82, 2.24) is 9.88 Å². The van der Waals surface area contributed by atoms with Crippen LogP contribution in [-0.4, -0.2) is 39.3 Å². The average Bonchev–Trinajstić information content (AvgIpc) is 3.11. The number of benzene rings is 1. The van der Waals surface area contributed by atoms with E-state index in [-0.39, 0.29) is 17.9 Å². The van der Waals surface area contributed by atoms with E-state index in [1.807, 2.05) is 0 Å². The monoisotopic (exact) mass is 355 g/mol. The fraction of sp³-hybridized carbons (Fsp3) is 0.429. The summed E-state index contributed by atoms with van der Waals surface area (Å²) in [4.78, 5) is 7.40. The molecule has 2 aliphatic rings. The van der Waals surface area contributed by atoms with Crippen LogP contribution in [0.15, 0.2) is 48.2 Å². The first kappa shape index (κ1) is 17.9. The van der Waals surface area contributed by atoms with Crippen LogP contribution in [0.25, 0.3) is 10.9 Å². The number of pyridine rings is 1. The number of fused-ring (bicyclic) bond motifs is 1. The Kier molecular flexibility index (Phi) is 5.14. The van der Waals surface area contributed by atoms with Crippen LogP contribution in [0.2, 0.25) is 0 Å². The molecule has 0 amide bonds. The Morgan fingerprint density at radius 2 is 1.84 bits per heavy atom. The molecule has 0 N–H and O–H groups in total. The van der Waals surface area contributed by atoms with Crippen LogP contribution in [0.4, 0.5) is 0 Å². The van der Waals surface area contributed by atoms with E-state index in [0.29, 0.717) is 0 Å². The number of aromatic nitrogens is 1. The first-order valence-electron chi connectivity index (χ1n) is 9.02. The lowest BCUT2D eigenvalue weighted by Crippen LogP contribution is -3.00. The summed E-state index contributed by atoms with van der Waals surface area (Å²) in [5.74, 6) is 0. The molecule has 0 aliphatic carbocycles. The predicted molar refractivity (Wildman–Crippen MR) is 99.4 cm³/mol. The first-order valence-corrected chi connectivity index (χ1v) is 9.02. The van der Waals surface area contributed by atoms with Gasteiger partial charge in [0.15, 0.2) is 18.3 Å². The zero-order chi connectivity index (χ0) is 16.6. The van der Waals surface area contributed by atoms with Gasteiger partial charge in [0.2, 0.25) is 0 Å². The Hall–Kier alpha value is -1.87. The highest BCUT2D eigenvalue weighted by atomic mass is 35.5. The molecule has 2 aromatic rings. The van der Waals surface area contributed by atoms with Crippen LogP contribution in [0.1, 0.15) is 38.8 Å². The number of hydrogen-bond acceptors (Lipinski definition) is 2. The van der Waals surface area contributed by atoms with Crippen molar-refractivity contribution in [3.63, 3.8) is 0 Å². The van der Waals surface area contributed by atoms with E-state index in [9.17, 15) is 0 Å². The predicted octanol–water partition coefficient (Wildman–Crippen LogP) is 0.984.